The Morgan fingerprint density at radius 1 is 0.960 bits per heavy atom. The molecular formula is C21H25N3O. The summed E-state index contributed by atoms with van der Waals surface area (Å²) in [6, 6.07) is 16.3. The van der Waals surface area contributed by atoms with E-state index in [1.165, 1.54) is 32.4 Å². The number of hydrogen-bond acceptors (Lipinski definition) is 3. The first-order valence-electron chi connectivity index (χ1n) is 9.29. The summed E-state index contributed by atoms with van der Waals surface area (Å²) in [4.78, 5) is 10.6. The second kappa shape index (κ2) is 7.70. The Morgan fingerprint density at radius 2 is 1.76 bits per heavy atom. The molecule has 0 amide bonds. The minimum Gasteiger partial charge on any atom is -0.494 e. The maximum absolute atomic E-state index is 5.89. The lowest BCUT2D eigenvalue weighted by atomic mass is 10.1. The fraction of sp³-hybridized carbons (Fsp3) is 0.381. The number of nitrogens with one attached hydrogen (secondary N) is 1. The summed E-state index contributed by atoms with van der Waals surface area (Å²) in [5.74, 6) is 1.83. The number of aromatic amines is 1. The van der Waals surface area contributed by atoms with Gasteiger partial charge in [0.1, 0.15) is 11.6 Å². The van der Waals surface area contributed by atoms with Crippen LogP contribution < -0.4 is 4.74 Å². The van der Waals surface area contributed by atoms with Gasteiger partial charge in [-0.25, -0.2) is 4.98 Å². The van der Waals surface area contributed by atoms with Gasteiger partial charge in [0.25, 0.3) is 0 Å². The van der Waals surface area contributed by atoms with Crippen LogP contribution in [0, 0.1) is 0 Å². The van der Waals surface area contributed by atoms with E-state index in [9.17, 15) is 0 Å². The number of nitrogens with zero attached hydrogens (tertiary/aromatic N) is 2. The van der Waals surface area contributed by atoms with Gasteiger partial charge in [0.05, 0.1) is 17.6 Å². The molecule has 1 fully saturated rings. The Hall–Kier alpha value is -2.33. The monoisotopic (exact) mass is 335 g/mol. The third kappa shape index (κ3) is 4.02. The van der Waals surface area contributed by atoms with Gasteiger partial charge in [-0.1, -0.05) is 18.6 Å². The topological polar surface area (TPSA) is 41.1 Å². The molecule has 4 heteroatoms. The molecule has 0 radical (unpaired) electrons. The molecule has 0 unspecified atom stereocenters. The van der Waals surface area contributed by atoms with Gasteiger partial charge in [0.2, 0.25) is 0 Å². The van der Waals surface area contributed by atoms with Crippen LogP contribution in [0.1, 0.15) is 25.7 Å². The van der Waals surface area contributed by atoms with E-state index >= 15 is 0 Å². The van der Waals surface area contributed by atoms with E-state index in [0.29, 0.717) is 0 Å². The minimum atomic E-state index is 0.778. The lowest BCUT2D eigenvalue weighted by Crippen LogP contribution is -2.31. The number of ether oxygens (including phenoxy) is 1. The molecule has 0 saturated carbocycles. The molecule has 0 aliphatic carbocycles. The van der Waals surface area contributed by atoms with E-state index in [2.05, 4.69) is 27.0 Å². The number of fused-ring (bicyclic) bond motifs is 1. The summed E-state index contributed by atoms with van der Waals surface area (Å²) in [7, 11) is 0. The highest BCUT2D eigenvalue weighted by molar-refractivity contribution is 5.79. The molecule has 1 aliphatic heterocycles. The van der Waals surface area contributed by atoms with E-state index in [1.54, 1.807) is 0 Å². The molecule has 2 aromatic carbocycles. The van der Waals surface area contributed by atoms with Gasteiger partial charge in [-0.3, -0.25) is 0 Å². The summed E-state index contributed by atoms with van der Waals surface area (Å²) in [5.41, 5.74) is 3.14. The van der Waals surface area contributed by atoms with Gasteiger partial charge in [-0.15, -0.1) is 0 Å². The second-order valence-electron chi connectivity index (χ2n) is 6.73. The standard InChI is InChI=1S/C21H25N3O/c1-4-13-24(14-5-1)15-6-16-25-18-11-9-17(10-12-18)21-22-19-7-2-3-8-20(19)23-21/h2-3,7-12H,1,4-6,13-16H2,(H,22,23). The fourth-order valence-corrected chi connectivity index (χ4v) is 3.46. The smallest absolute Gasteiger partial charge is 0.138 e. The molecule has 4 rings (SSSR count). The van der Waals surface area contributed by atoms with Crippen LogP contribution in [0.15, 0.2) is 48.5 Å². The molecule has 4 nitrogen and oxygen atoms in total. The number of likely N-dealkylation sites (tertiary alicyclic amines) is 1. The van der Waals surface area contributed by atoms with Crippen LogP contribution in [0.2, 0.25) is 0 Å². The summed E-state index contributed by atoms with van der Waals surface area (Å²) in [5, 5.41) is 0. The minimum absolute atomic E-state index is 0.778. The number of rotatable bonds is 6. The molecule has 1 aromatic heterocycles. The van der Waals surface area contributed by atoms with Crippen LogP contribution in [0.4, 0.5) is 0 Å². The average molecular weight is 335 g/mol. The van der Waals surface area contributed by atoms with Gasteiger partial charge in [-0.05, 0) is 68.8 Å². The number of piperidine rings is 1. The molecule has 2 heterocycles. The van der Waals surface area contributed by atoms with Crippen molar-refractivity contribution in [1.82, 2.24) is 14.9 Å². The molecule has 0 spiro atoms. The highest BCUT2D eigenvalue weighted by atomic mass is 16.5. The molecule has 1 aliphatic rings. The van der Waals surface area contributed by atoms with Crippen molar-refractivity contribution < 1.29 is 4.74 Å². The number of hydrogen-bond donors (Lipinski definition) is 1. The van der Waals surface area contributed by atoms with Crippen molar-refractivity contribution in [2.24, 2.45) is 0 Å². The van der Waals surface area contributed by atoms with Gasteiger partial charge >= 0.3 is 0 Å². The Morgan fingerprint density at radius 3 is 2.56 bits per heavy atom. The van der Waals surface area contributed by atoms with Crippen molar-refractivity contribution in [3.63, 3.8) is 0 Å². The lowest BCUT2D eigenvalue weighted by molar-refractivity contribution is 0.205. The van der Waals surface area contributed by atoms with E-state index in [4.69, 9.17) is 4.74 Å². The third-order valence-corrected chi connectivity index (χ3v) is 4.85. The SMILES string of the molecule is c1ccc2[nH]c(-c3ccc(OCCCN4CCCCC4)cc3)nc2c1. The second-order valence-corrected chi connectivity index (χ2v) is 6.73. The average Bonchev–Trinajstić information content (AvgIpc) is 3.11. The van der Waals surface area contributed by atoms with Crippen LogP contribution in [-0.2, 0) is 0 Å². The predicted molar refractivity (Wildman–Crippen MR) is 102 cm³/mol. The molecule has 0 atom stereocenters. The molecule has 3 aromatic rings. The zero-order chi connectivity index (χ0) is 16.9. The molecular weight excluding hydrogens is 310 g/mol. The Kier molecular flexibility index (Phi) is 4.98. The number of benzene rings is 2. The van der Waals surface area contributed by atoms with Crippen molar-refractivity contribution in [3.8, 4) is 17.1 Å². The first-order chi connectivity index (χ1) is 12.4. The third-order valence-electron chi connectivity index (χ3n) is 4.85. The largest absolute Gasteiger partial charge is 0.494 e. The van der Waals surface area contributed by atoms with Gasteiger partial charge in [0.15, 0.2) is 0 Å². The van der Waals surface area contributed by atoms with Crippen molar-refractivity contribution in [2.45, 2.75) is 25.7 Å². The molecule has 1 saturated heterocycles. The number of imidazole rings is 1. The summed E-state index contributed by atoms with van der Waals surface area (Å²) < 4.78 is 5.89. The fourth-order valence-electron chi connectivity index (χ4n) is 3.46. The predicted octanol–water partition coefficient (Wildman–Crippen LogP) is 4.48. The Labute approximate surface area is 148 Å². The first-order valence-corrected chi connectivity index (χ1v) is 9.29. The summed E-state index contributed by atoms with van der Waals surface area (Å²) in [6.45, 7) is 4.44. The molecule has 0 bridgehead atoms. The van der Waals surface area contributed by atoms with E-state index < -0.39 is 0 Å². The Balaban J connectivity index is 1.30. The Bertz CT molecular complexity index is 770. The lowest BCUT2D eigenvalue weighted by Gasteiger charge is -2.26. The van der Waals surface area contributed by atoms with E-state index in [-0.39, 0.29) is 0 Å². The normalized spacial score (nSPS) is 15.5. The van der Waals surface area contributed by atoms with E-state index in [1.807, 2.05) is 36.4 Å². The van der Waals surface area contributed by atoms with Crippen molar-refractivity contribution in [1.29, 1.82) is 0 Å². The van der Waals surface area contributed by atoms with E-state index in [0.717, 1.165) is 47.7 Å². The van der Waals surface area contributed by atoms with Gasteiger partial charge in [-0.2, -0.15) is 0 Å². The van der Waals surface area contributed by atoms with Crippen LogP contribution in [0.3, 0.4) is 0 Å². The molecule has 25 heavy (non-hydrogen) atoms. The molecule has 1 N–H and O–H groups in total. The van der Waals surface area contributed by atoms with Crippen molar-refractivity contribution in [2.75, 3.05) is 26.2 Å². The van der Waals surface area contributed by atoms with Crippen LogP contribution in [0.5, 0.6) is 5.75 Å². The summed E-state index contributed by atoms with van der Waals surface area (Å²) >= 11 is 0. The highest BCUT2D eigenvalue weighted by Gasteiger charge is 2.09. The number of aromatic nitrogens is 2. The first kappa shape index (κ1) is 16.2. The van der Waals surface area contributed by atoms with Crippen molar-refractivity contribution in [3.05, 3.63) is 48.5 Å². The maximum Gasteiger partial charge on any atom is 0.138 e. The maximum atomic E-state index is 5.89. The summed E-state index contributed by atoms with van der Waals surface area (Å²) in [6.07, 6.45) is 5.18. The zero-order valence-electron chi connectivity index (χ0n) is 14.6. The van der Waals surface area contributed by atoms with Crippen LogP contribution in [-0.4, -0.2) is 41.1 Å². The number of H-pyrrole nitrogens is 1. The van der Waals surface area contributed by atoms with Gasteiger partial charge < -0.3 is 14.6 Å². The highest BCUT2D eigenvalue weighted by Crippen LogP contribution is 2.22. The van der Waals surface area contributed by atoms with Crippen LogP contribution >= 0.6 is 0 Å². The number of para-hydroxylation sites is 2. The zero-order valence-corrected chi connectivity index (χ0v) is 14.6. The molecule has 130 valence electrons. The quantitative estimate of drug-likeness (QED) is 0.675. The van der Waals surface area contributed by atoms with Gasteiger partial charge in [0, 0.05) is 12.1 Å². The van der Waals surface area contributed by atoms with Crippen molar-refractivity contribution >= 4 is 11.0 Å². The van der Waals surface area contributed by atoms with Crippen LogP contribution in [0.25, 0.3) is 22.4 Å².